The number of carbonyl (C=O) groups is 1. The van der Waals surface area contributed by atoms with E-state index in [4.69, 9.17) is 0 Å². The fraction of sp³-hybridized carbons (Fsp3) is 0.333. The molecule has 1 aliphatic carbocycles. The van der Waals surface area contributed by atoms with Crippen LogP contribution in [0.15, 0.2) is 30.7 Å². The van der Waals surface area contributed by atoms with Crippen molar-refractivity contribution in [3.8, 4) is 0 Å². The van der Waals surface area contributed by atoms with Crippen LogP contribution in [0.4, 0.5) is 0 Å². The molecule has 0 amide bonds. The first-order valence-electron chi connectivity index (χ1n) is 5.80. The van der Waals surface area contributed by atoms with Crippen LogP contribution in [0.25, 0.3) is 5.65 Å². The number of hydrogen-bond acceptors (Lipinski definition) is 4. The quantitative estimate of drug-likeness (QED) is 0.804. The number of carboxylic acid groups (broad SMARTS) is 1. The summed E-state index contributed by atoms with van der Waals surface area (Å²) in [5.41, 5.74) is 0.645. The van der Waals surface area contributed by atoms with E-state index in [0.717, 1.165) is 0 Å². The molecule has 0 radical (unpaired) electrons. The van der Waals surface area contributed by atoms with Crippen molar-refractivity contribution in [1.29, 1.82) is 0 Å². The minimum Gasteiger partial charge on any atom is -0.481 e. The molecule has 6 nitrogen and oxygen atoms in total. The molecule has 6 heteroatoms. The molecule has 0 saturated carbocycles. The van der Waals surface area contributed by atoms with E-state index in [1.807, 2.05) is 16.6 Å². The SMILES string of the molecule is O=C(O)[C@H]1CC=CC[C@H]1c1nnc2cnccn12. The highest BCUT2D eigenvalue weighted by Gasteiger charge is 2.32. The molecule has 0 aliphatic heterocycles. The highest BCUT2D eigenvalue weighted by Crippen LogP contribution is 2.33. The smallest absolute Gasteiger partial charge is 0.307 e. The van der Waals surface area contributed by atoms with Crippen LogP contribution in [0.1, 0.15) is 24.6 Å². The van der Waals surface area contributed by atoms with Crippen LogP contribution in [0.3, 0.4) is 0 Å². The second kappa shape index (κ2) is 4.21. The Balaban J connectivity index is 2.07. The van der Waals surface area contributed by atoms with Crippen molar-refractivity contribution in [2.24, 2.45) is 5.92 Å². The van der Waals surface area contributed by atoms with E-state index in [9.17, 15) is 9.90 Å². The molecule has 0 saturated heterocycles. The second-order valence-electron chi connectivity index (χ2n) is 4.36. The van der Waals surface area contributed by atoms with Gasteiger partial charge in [0.1, 0.15) is 5.82 Å². The third-order valence-corrected chi connectivity index (χ3v) is 3.32. The van der Waals surface area contributed by atoms with Gasteiger partial charge in [-0.15, -0.1) is 10.2 Å². The number of hydrogen-bond donors (Lipinski definition) is 1. The van der Waals surface area contributed by atoms with E-state index in [-0.39, 0.29) is 5.92 Å². The third kappa shape index (κ3) is 1.66. The zero-order valence-corrected chi connectivity index (χ0v) is 9.60. The zero-order valence-electron chi connectivity index (χ0n) is 9.60. The minimum atomic E-state index is -0.782. The predicted molar refractivity (Wildman–Crippen MR) is 63.0 cm³/mol. The van der Waals surface area contributed by atoms with Gasteiger partial charge in [-0.25, -0.2) is 0 Å². The Hall–Kier alpha value is -2.24. The molecular formula is C12H12N4O2. The number of allylic oxidation sites excluding steroid dienone is 2. The van der Waals surface area contributed by atoms with Crippen molar-refractivity contribution < 1.29 is 9.90 Å². The monoisotopic (exact) mass is 244 g/mol. The first kappa shape index (κ1) is 10.9. The summed E-state index contributed by atoms with van der Waals surface area (Å²) >= 11 is 0. The third-order valence-electron chi connectivity index (χ3n) is 3.32. The van der Waals surface area contributed by atoms with Gasteiger partial charge < -0.3 is 5.11 Å². The highest BCUT2D eigenvalue weighted by atomic mass is 16.4. The highest BCUT2D eigenvalue weighted by molar-refractivity contribution is 5.71. The van der Waals surface area contributed by atoms with E-state index >= 15 is 0 Å². The fourth-order valence-electron chi connectivity index (χ4n) is 2.40. The Morgan fingerprint density at radius 2 is 2.17 bits per heavy atom. The van der Waals surface area contributed by atoms with E-state index in [2.05, 4.69) is 15.2 Å². The number of aliphatic carboxylic acids is 1. The molecule has 0 spiro atoms. The summed E-state index contributed by atoms with van der Waals surface area (Å²) in [5.74, 6) is -0.653. The summed E-state index contributed by atoms with van der Waals surface area (Å²) in [6.07, 6.45) is 10.2. The Bertz CT molecular complexity index is 619. The number of aromatic nitrogens is 4. The van der Waals surface area contributed by atoms with Crippen LogP contribution in [-0.2, 0) is 4.79 Å². The fourth-order valence-corrected chi connectivity index (χ4v) is 2.40. The summed E-state index contributed by atoms with van der Waals surface area (Å²) in [6.45, 7) is 0. The van der Waals surface area contributed by atoms with Crippen molar-refractivity contribution >= 4 is 11.6 Å². The summed E-state index contributed by atoms with van der Waals surface area (Å²) in [6, 6.07) is 0. The molecule has 2 aromatic rings. The number of rotatable bonds is 2. The zero-order chi connectivity index (χ0) is 12.5. The molecule has 2 atom stereocenters. The van der Waals surface area contributed by atoms with Gasteiger partial charge in [-0.2, -0.15) is 0 Å². The lowest BCUT2D eigenvalue weighted by Crippen LogP contribution is -2.25. The van der Waals surface area contributed by atoms with Crippen molar-refractivity contribution in [1.82, 2.24) is 19.6 Å². The van der Waals surface area contributed by atoms with E-state index in [0.29, 0.717) is 24.3 Å². The van der Waals surface area contributed by atoms with Crippen LogP contribution in [0, 0.1) is 5.92 Å². The molecule has 0 aromatic carbocycles. The molecular weight excluding hydrogens is 232 g/mol. The minimum absolute atomic E-state index is 0.134. The van der Waals surface area contributed by atoms with Crippen molar-refractivity contribution in [2.75, 3.05) is 0 Å². The summed E-state index contributed by atoms with van der Waals surface area (Å²) < 4.78 is 1.81. The molecule has 18 heavy (non-hydrogen) atoms. The Kier molecular flexibility index (Phi) is 2.55. The summed E-state index contributed by atoms with van der Waals surface area (Å²) in [5, 5.41) is 17.4. The number of nitrogens with zero attached hydrogens (tertiary/aromatic N) is 4. The molecule has 2 aromatic heterocycles. The number of fused-ring (bicyclic) bond motifs is 1. The lowest BCUT2D eigenvalue weighted by molar-refractivity contribution is -0.142. The molecule has 3 rings (SSSR count). The van der Waals surface area contributed by atoms with Gasteiger partial charge in [-0.05, 0) is 12.8 Å². The first-order chi connectivity index (χ1) is 8.77. The second-order valence-corrected chi connectivity index (χ2v) is 4.36. The van der Waals surface area contributed by atoms with Crippen molar-refractivity contribution in [3.05, 3.63) is 36.6 Å². The van der Waals surface area contributed by atoms with Gasteiger partial charge in [-0.1, -0.05) is 12.2 Å². The summed E-state index contributed by atoms with van der Waals surface area (Å²) in [7, 11) is 0. The topological polar surface area (TPSA) is 80.4 Å². The Morgan fingerprint density at radius 1 is 1.33 bits per heavy atom. The molecule has 0 fully saturated rings. The molecule has 1 aliphatic rings. The van der Waals surface area contributed by atoms with Gasteiger partial charge in [-0.3, -0.25) is 14.2 Å². The maximum Gasteiger partial charge on any atom is 0.307 e. The van der Waals surface area contributed by atoms with Crippen LogP contribution in [0.5, 0.6) is 0 Å². The molecule has 0 bridgehead atoms. The lowest BCUT2D eigenvalue weighted by atomic mass is 9.82. The maximum atomic E-state index is 11.3. The van der Waals surface area contributed by atoms with Gasteiger partial charge in [0, 0.05) is 18.3 Å². The van der Waals surface area contributed by atoms with Crippen LogP contribution < -0.4 is 0 Å². The normalized spacial score (nSPS) is 23.3. The Morgan fingerprint density at radius 3 is 3.00 bits per heavy atom. The molecule has 2 heterocycles. The van der Waals surface area contributed by atoms with E-state index in [1.54, 1.807) is 18.6 Å². The first-order valence-corrected chi connectivity index (χ1v) is 5.80. The van der Waals surface area contributed by atoms with Gasteiger partial charge in [0.2, 0.25) is 0 Å². The lowest BCUT2D eigenvalue weighted by Gasteiger charge is -2.23. The van der Waals surface area contributed by atoms with E-state index < -0.39 is 11.9 Å². The Labute approximate surface area is 103 Å². The van der Waals surface area contributed by atoms with Crippen molar-refractivity contribution in [3.63, 3.8) is 0 Å². The standard InChI is InChI=1S/C12H12N4O2/c17-12(18)9-4-2-1-3-8(9)11-15-14-10-7-13-5-6-16(10)11/h1-2,5-9H,3-4H2,(H,17,18)/t8-,9+/m1/s1. The largest absolute Gasteiger partial charge is 0.481 e. The van der Waals surface area contributed by atoms with Gasteiger partial charge in [0.05, 0.1) is 12.1 Å². The molecule has 0 unspecified atom stereocenters. The summed E-state index contributed by atoms with van der Waals surface area (Å²) in [4.78, 5) is 15.3. The number of carboxylic acids is 1. The molecule has 92 valence electrons. The van der Waals surface area contributed by atoms with Crippen LogP contribution in [0.2, 0.25) is 0 Å². The van der Waals surface area contributed by atoms with Crippen LogP contribution in [-0.4, -0.2) is 30.7 Å². The van der Waals surface area contributed by atoms with E-state index in [1.165, 1.54) is 0 Å². The molecule has 1 N–H and O–H groups in total. The van der Waals surface area contributed by atoms with Gasteiger partial charge in [0.25, 0.3) is 0 Å². The average molecular weight is 244 g/mol. The average Bonchev–Trinajstić information content (AvgIpc) is 2.82. The predicted octanol–water partition coefficient (Wildman–Crippen LogP) is 1.26. The van der Waals surface area contributed by atoms with Crippen LogP contribution >= 0.6 is 0 Å². The van der Waals surface area contributed by atoms with Crippen molar-refractivity contribution in [2.45, 2.75) is 18.8 Å². The van der Waals surface area contributed by atoms with Gasteiger partial charge in [0.15, 0.2) is 5.65 Å². The maximum absolute atomic E-state index is 11.3. The van der Waals surface area contributed by atoms with Gasteiger partial charge >= 0.3 is 5.97 Å².